The molecule has 0 N–H and O–H groups in total. The molecule has 0 bridgehead atoms. The lowest BCUT2D eigenvalue weighted by molar-refractivity contribution is -0.384. The fourth-order valence-corrected chi connectivity index (χ4v) is 1.13. The van der Waals surface area contributed by atoms with Crippen molar-refractivity contribution in [1.29, 1.82) is 0 Å². The number of rotatable bonds is 3. The molecule has 0 aliphatic heterocycles. The van der Waals surface area contributed by atoms with Gasteiger partial charge in [-0.15, -0.1) is 0 Å². The topological polar surface area (TPSA) is 43.1 Å². The number of alkyl halides is 1. The van der Waals surface area contributed by atoms with Crippen molar-refractivity contribution in [2.24, 2.45) is 0 Å². The first-order chi connectivity index (χ1) is 6.65. The molecule has 1 rings (SSSR count). The zero-order valence-electron chi connectivity index (χ0n) is 7.11. The lowest BCUT2D eigenvalue weighted by Crippen LogP contribution is -1.90. The smallest absolute Gasteiger partial charge is 0.258 e. The van der Waals surface area contributed by atoms with Gasteiger partial charge in [0.25, 0.3) is 5.69 Å². The fraction of sp³-hybridized carbons (Fsp3) is 0.111. The van der Waals surface area contributed by atoms with Crippen LogP contribution in [0.2, 0.25) is 0 Å². The summed E-state index contributed by atoms with van der Waals surface area (Å²) in [5.74, 6) is -0.465. The molecule has 0 amide bonds. The molecule has 0 aromatic heterocycles. The summed E-state index contributed by atoms with van der Waals surface area (Å²) < 4.78 is 13.1. The SMILES string of the molecule is O=[N+]([O-])c1ccc(F)c(/C=C/CBr)c1. The number of halogens is 2. The number of benzene rings is 1. The maximum atomic E-state index is 13.1. The molecule has 14 heavy (non-hydrogen) atoms. The summed E-state index contributed by atoms with van der Waals surface area (Å²) in [6.45, 7) is 0. The van der Waals surface area contributed by atoms with E-state index in [4.69, 9.17) is 0 Å². The number of allylic oxidation sites excluding steroid dienone is 1. The molecule has 0 unspecified atom stereocenters. The third-order valence-electron chi connectivity index (χ3n) is 1.58. The van der Waals surface area contributed by atoms with Gasteiger partial charge in [0, 0.05) is 23.0 Å². The number of nitrogens with zero attached hydrogens (tertiary/aromatic N) is 1. The first kappa shape index (κ1) is 10.8. The predicted molar refractivity (Wildman–Crippen MR) is 55.9 cm³/mol. The van der Waals surface area contributed by atoms with Crippen LogP contribution in [0.3, 0.4) is 0 Å². The van der Waals surface area contributed by atoms with E-state index in [9.17, 15) is 14.5 Å². The van der Waals surface area contributed by atoms with Crippen LogP contribution in [0.15, 0.2) is 24.3 Å². The molecule has 0 saturated carbocycles. The van der Waals surface area contributed by atoms with Gasteiger partial charge in [-0.2, -0.15) is 0 Å². The zero-order valence-corrected chi connectivity index (χ0v) is 8.70. The van der Waals surface area contributed by atoms with Crippen LogP contribution >= 0.6 is 15.9 Å². The predicted octanol–water partition coefficient (Wildman–Crippen LogP) is 3.14. The average Bonchev–Trinajstić information content (AvgIpc) is 2.16. The molecule has 0 saturated heterocycles. The van der Waals surface area contributed by atoms with Crippen molar-refractivity contribution in [3.63, 3.8) is 0 Å². The van der Waals surface area contributed by atoms with E-state index in [1.165, 1.54) is 12.1 Å². The first-order valence-electron chi connectivity index (χ1n) is 3.81. The molecule has 1 aromatic rings. The molecule has 0 aliphatic carbocycles. The third-order valence-corrected chi connectivity index (χ3v) is 1.95. The van der Waals surface area contributed by atoms with E-state index < -0.39 is 10.7 Å². The summed E-state index contributed by atoms with van der Waals surface area (Å²) in [6, 6.07) is 3.43. The normalized spacial score (nSPS) is 10.7. The molecule has 0 radical (unpaired) electrons. The van der Waals surface area contributed by atoms with Gasteiger partial charge in [-0.25, -0.2) is 4.39 Å². The first-order valence-corrected chi connectivity index (χ1v) is 4.93. The van der Waals surface area contributed by atoms with Gasteiger partial charge in [0.15, 0.2) is 0 Å². The highest BCUT2D eigenvalue weighted by atomic mass is 79.9. The van der Waals surface area contributed by atoms with Crippen molar-refractivity contribution in [2.75, 3.05) is 5.33 Å². The Kier molecular flexibility index (Phi) is 3.76. The van der Waals surface area contributed by atoms with E-state index in [0.717, 1.165) is 12.1 Å². The molecule has 0 spiro atoms. The highest BCUT2D eigenvalue weighted by Crippen LogP contribution is 2.17. The van der Waals surface area contributed by atoms with E-state index in [1.54, 1.807) is 6.08 Å². The van der Waals surface area contributed by atoms with Crippen LogP contribution in [0, 0.1) is 15.9 Å². The zero-order chi connectivity index (χ0) is 10.6. The molecular formula is C9H7BrFNO2. The van der Waals surface area contributed by atoms with E-state index in [2.05, 4.69) is 15.9 Å². The second-order valence-corrected chi connectivity index (χ2v) is 3.17. The average molecular weight is 260 g/mol. The largest absolute Gasteiger partial charge is 0.270 e. The van der Waals surface area contributed by atoms with Gasteiger partial charge in [-0.1, -0.05) is 28.1 Å². The number of hydrogen-bond acceptors (Lipinski definition) is 2. The van der Waals surface area contributed by atoms with Crippen LogP contribution in [-0.2, 0) is 0 Å². The van der Waals surface area contributed by atoms with Crippen molar-refractivity contribution >= 4 is 27.7 Å². The Morgan fingerprint density at radius 2 is 2.29 bits per heavy atom. The number of hydrogen-bond donors (Lipinski definition) is 0. The van der Waals surface area contributed by atoms with Crippen LogP contribution in [0.4, 0.5) is 10.1 Å². The maximum absolute atomic E-state index is 13.1. The fourth-order valence-electron chi connectivity index (χ4n) is 0.944. The highest BCUT2D eigenvalue weighted by Gasteiger charge is 2.08. The quantitative estimate of drug-likeness (QED) is 0.476. The lowest BCUT2D eigenvalue weighted by Gasteiger charge is -1.96. The molecular weight excluding hydrogens is 253 g/mol. The van der Waals surface area contributed by atoms with E-state index in [0.29, 0.717) is 5.33 Å². The Morgan fingerprint density at radius 3 is 2.86 bits per heavy atom. The Bertz CT molecular complexity index is 379. The summed E-state index contributed by atoms with van der Waals surface area (Å²) in [4.78, 5) is 9.84. The third kappa shape index (κ3) is 2.63. The van der Waals surface area contributed by atoms with E-state index in [1.807, 2.05) is 0 Å². The number of nitro benzene ring substituents is 1. The molecule has 74 valence electrons. The minimum absolute atomic E-state index is 0.111. The number of nitro groups is 1. The van der Waals surface area contributed by atoms with Gasteiger partial charge in [0.1, 0.15) is 5.82 Å². The van der Waals surface area contributed by atoms with Crippen LogP contribution in [0.25, 0.3) is 6.08 Å². The van der Waals surface area contributed by atoms with Gasteiger partial charge in [-0.3, -0.25) is 10.1 Å². The van der Waals surface area contributed by atoms with Crippen molar-refractivity contribution in [1.82, 2.24) is 0 Å². The molecule has 0 heterocycles. The Hall–Kier alpha value is -1.23. The van der Waals surface area contributed by atoms with Crippen molar-refractivity contribution in [2.45, 2.75) is 0 Å². The van der Waals surface area contributed by atoms with E-state index in [-0.39, 0.29) is 11.3 Å². The lowest BCUT2D eigenvalue weighted by atomic mass is 10.2. The Labute approximate surface area is 88.5 Å². The standard InChI is InChI=1S/C9H7BrFNO2/c10-5-1-2-7-6-8(12(13)14)3-4-9(7)11/h1-4,6H,5H2/b2-1+. The van der Waals surface area contributed by atoms with Crippen molar-refractivity contribution in [3.8, 4) is 0 Å². The number of non-ortho nitro benzene ring substituents is 1. The maximum Gasteiger partial charge on any atom is 0.270 e. The molecule has 0 aliphatic rings. The second-order valence-electron chi connectivity index (χ2n) is 2.52. The molecule has 1 aromatic carbocycles. The Balaban J connectivity index is 3.08. The Morgan fingerprint density at radius 1 is 1.57 bits per heavy atom. The molecule has 3 nitrogen and oxygen atoms in total. The van der Waals surface area contributed by atoms with Gasteiger partial charge in [0.05, 0.1) is 4.92 Å². The van der Waals surface area contributed by atoms with Crippen LogP contribution in [0.1, 0.15) is 5.56 Å². The minimum Gasteiger partial charge on any atom is -0.258 e. The van der Waals surface area contributed by atoms with Gasteiger partial charge >= 0.3 is 0 Å². The van der Waals surface area contributed by atoms with Crippen molar-refractivity contribution < 1.29 is 9.31 Å². The van der Waals surface area contributed by atoms with Gasteiger partial charge in [0.2, 0.25) is 0 Å². The molecule has 0 atom stereocenters. The minimum atomic E-state index is -0.551. The van der Waals surface area contributed by atoms with Gasteiger partial charge < -0.3 is 0 Å². The van der Waals surface area contributed by atoms with Crippen LogP contribution < -0.4 is 0 Å². The second kappa shape index (κ2) is 4.85. The monoisotopic (exact) mass is 259 g/mol. The van der Waals surface area contributed by atoms with Crippen LogP contribution in [0.5, 0.6) is 0 Å². The summed E-state index contributed by atoms with van der Waals surface area (Å²) >= 11 is 3.14. The van der Waals surface area contributed by atoms with Gasteiger partial charge in [-0.05, 0) is 6.07 Å². The summed E-state index contributed by atoms with van der Waals surface area (Å²) in [6.07, 6.45) is 3.17. The summed E-state index contributed by atoms with van der Waals surface area (Å²) in [7, 11) is 0. The molecule has 0 fully saturated rings. The highest BCUT2D eigenvalue weighted by molar-refractivity contribution is 9.09. The summed E-state index contributed by atoms with van der Waals surface area (Å²) in [5.41, 5.74) is 0.110. The summed E-state index contributed by atoms with van der Waals surface area (Å²) in [5, 5.41) is 11.0. The van der Waals surface area contributed by atoms with Crippen molar-refractivity contribution in [3.05, 3.63) is 45.8 Å². The molecule has 5 heteroatoms. The van der Waals surface area contributed by atoms with Crippen LogP contribution in [-0.4, -0.2) is 10.3 Å². The van der Waals surface area contributed by atoms with E-state index >= 15 is 0 Å².